The number of benzene rings is 1. The van der Waals surface area contributed by atoms with Gasteiger partial charge in [0.25, 0.3) is 5.56 Å². The topological polar surface area (TPSA) is 92.1 Å². The maximum Gasteiger partial charge on any atom is 0.373 e. The monoisotopic (exact) mass is 393 g/mol. The Kier molecular flexibility index (Phi) is 7.14. The minimum atomic E-state index is -0.562. The Bertz CT molecular complexity index is 991. The van der Waals surface area contributed by atoms with Gasteiger partial charge in [0.1, 0.15) is 5.82 Å². The van der Waals surface area contributed by atoms with E-state index in [9.17, 15) is 9.82 Å². The van der Waals surface area contributed by atoms with Crippen molar-refractivity contribution in [3.05, 3.63) is 70.4 Å². The third-order valence-corrected chi connectivity index (χ3v) is 4.82. The van der Waals surface area contributed by atoms with Crippen molar-refractivity contribution in [2.24, 2.45) is 5.92 Å². The maximum atomic E-state index is 13.3. The van der Waals surface area contributed by atoms with Crippen LogP contribution in [-0.2, 0) is 6.54 Å². The lowest BCUT2D eigenvalue weighted by Gasteiger charge is -2.25. The first-order valence-electron chi connectivity index (χ1n) is 10.0. The number of hydrogen-bond acceptors (Lipinski definition) is 6. The van der Waals surface area contributed by atoms with Gasteiger partial charge in [-0.2, -0.15) is 0 Å². The SMILES string of the molecule is CB(O)NCCN[C@H](c1nc2ncccc2c(=O)n1Cc1ccccc1)C(C)C. The van der Waals surface area contributed by atoms with E-state index in [2.05, 4.69) is 29.4 Å². The highest BCUT2D eigenvalue weighted by molar-refractivity contribution is 6.45. The molecule has 0 saturated carbocycles. The van der Waals surface area contributed by atoms with Crippen molar-refractivity contribution in [1.82, 2.24) is 25.1 Å². The lowest BCUT2D eigenvalue weighted by Crippen LogP contribution is -2.40. The average molecular weight is 393 g/mol. The van der Waals surface area contributed by atoms with E-state index in [4.69, 9.17) is 4.98 Å². The molecule has 1 aromatic carbocycles. The van der Waals surface area contributed by atoms with Crippen molar-refractivity contribution in [2.75, 3.05) is 13.1 Å². The standard InChI is InChI=1S/C21H28BN5O2/c1-15(2)18(23-12-13-25-22(3)29)20-26-19-17(10-7-11-24-19)21(28)27(20)14-16-8-5-4-6-9-16/h4-11,15,18,23,25,29H,12-14H2,1-3H3/t18-/m0/s1. The summed E-state index contributed by atoms with van der Waals surface area (Å²) in [6, 6.07) is 13.3. The molecule has 0 bridgehead atoms. The van der Waals surface area contributed by atoms with Gasteiger partial charge in [0, 0.05) is 12.7 Å². The summed E-state index contributed by atoms with van der Waals surface area (Å²) in [5.41, 5.74) is 1.42. The highest BCUT2D eigenvalue weighted by Crippen LogP contribution is 2.21. The van der Waals surface area contributed by atoms with E-state index in [1.165, 1.54) is 0 Å². The first kappa shape index (κ1) is 21.2. The Morgan fingerprint density at radius 2 is 1.90 bits per heavy atom. The van der Waals surface area contributed by atoms with Gasteiger partial charge in [-0.1, -0.05) is 44.2 Å². The van der Waals surface area contributed by atoms with Gasteiger partial charge in [-0.15, -0.1) is 0 Å². The van der Waals surface area contributed by atoms with E-state index in [0.717, 1.165) is 5.56 Å². The van der Waals surface area contributed by atoms with Crippen LogP contribution in [0.15, 0.2) is 53.5 Å². The highest BCUT2D eigenvalue weighted by Gasteiger charge is 2.23. The summed E-state index contributed by atoms with van der Waals surface area (Å²) in [4.78, 5) is 22.4. The average Bonchev–Trinajstić information content (AvgIpc) is 2.70. The molecule has 0 aliphatic rings. The van der Waals surface area contributed by atoms with E-state index >= 15 is 0 Å². The van der Waals surface area contributed by atoms with Crippen LogP contribution in [0.25, 0.3) is 11.0 Å². The molecule has 0 spiro atoms. The largest absolute Gasteiger partial charge is 0.437 e. The predicted octanol–water partition coefficient (Wildman–Crippen LogP) is 1.83. The van der Waals surface area contributed by atoms with E-state index in [-0.39, 0.29) is 17.5 Å². The summed E-state index contributed by atoms with van der Waals surface area (Å²) in [5, 5.41) is 16.4. The summed E-state index contributed by atoms with van der Waals surface area (Å²) < 4.78 is 1.75. The van der Waals surface area contributed by atoms with Crippen LogP contribution in [-0.4, -0.2) is 39.7 Å². The molecule has 0 amide bonds. The lowest BCUT2D eigenvalue weighted by molar-refractivity contribution is 0.379. The first-order chi connectivity index (χ1) is 14.0. The third-order valence-electron chi connectivity index (χ3n) is 4.82. The molecule has 7 nitrogen and oxygen atoms in total. The van der Waals surface area contributed by atoms with Crippen molar-refractivity contribution in [2.45, 2.75) is 33.3 Å². The highest BCUT2D eigenvalue weighted by atomic mass is 16.2. The van der Waals surface area contributed by atoms with Gasteiger partial charge >= 0.3 is 7.05 Å². The summed E-state index contributed by atoms with van der Waals surface area (Å²) in [6.45, 7) is 7.57. The molecular weight excluding hydrogens is 365 g/mol. The minimum Gasteiger partial charge on any atom is -0.437 e. The Morgan fingerprint density at radius 3 is 2.59 bits per heavy atom. The van der Waals surface area contributed by atoms with Gasteiger partial charge < -0.3 is 15.6 Å². The molecule has 0 saturated heterocycles. The van der Waals surface area contributed by atoms with Gasteiger partial charge in [0.2, 0.25) is 0 Å². The van der Waals surface area contributed by atoms with Crippen molar-refractivity contribution in [3.63, 3.8) is 0 Å². The van der Waals surface area contributed by atoms with Crippen molar-refractivity contribution >= 4 is 18.1 Å². The molecule has 2 aromatic heterocycles. The second-order valence-electron chi connectivity index (χ2n) is 7.53. The summed E-state index contributed by atoms with van der Waals surface area (Å²) in [5.74, 6) is 0.883. The van der Waals surface area contributed by atoms with Crippen molar-refractivity contribution < 1.29 is 5.02 Å². The molecule has 2 heterocycles. The molecule has 0 unspecified atom stereocenters. The van der Waals surface area contributed by atoms with E-state index < -0.39 is 7.05 Å². The number of rotatable bonds is 9. The summed E-state index contributed by atoms with van der Waals surface area (Å²) in [6.07, 6.45) is 1.66. The van der Waals surface area contributed by atoms with Crippen LogP contribution in [0.2, 0.25) is 6.82 Å². The van der Waals surface area contributed by atoms with Crippen LogP contribution < -0.4 is 16.1 Å². The molecule has 0 aliphatic heterocycles. The molecule has 1 atom stereocenters. The third kappa shape index (κ3) is 5.29. The first-order valence-corrected chi connectivity index (χ1v) is 10.0. The van der Waals surface area contributed by atoms with E-state index in [1.807, 2.05) is 30.3 Å². The summed E-state index contributed by atoms with van der Waals surface area (Å²) >= 11 is 0. The van der Waals surface area contributed by atoms with Crippen LogP contribution in [0.1, 0.15) is 31.3 Å². The molecule has 3 rings (SSSR count). The zero-order valence-corrected chi connectivity index (χ0v) is 17.2. The van der Waals surface area contributed by atoms with Crippen LogP contribution >= 0.6 is 0 Å². The normalized spacial score (nSPS) is 12.4. The fraction of sp³-hybridized carbons (Fsp3) is 0.381. The van der Waals surface area contributed by atoms with Crippen LogP contribution in [0.5, 0.6) is 0 Å². The molecule has 3 aromatic rings. The van der Waals surface area contributed by atoms with Crippen LogP contribution in [0.3, 0.4) is 0 Å². The molecule has 8 heteroatoms. The van der Waals surface area contributed by atoms with Crippen LogP contribution in [0, 0.1) is 5.92 Å². The smallest absolute Gasteiger partial charge is 0.373 e. The van der Waals surface area contributed by atoms with Gasteiger partial charge in [-0.25, -0.2) is 9.97 Å². The van der Waals surface area contributed by atoms with Gasteiger partial charge in [-0.3, -0.25) is 9.36 Å². The molecule has 0 fully saturated rings. The number of aromatic nitrogens is 3. The zero-order chi connectivity index (χ0) is 20.8. The molecule has 0 aliphatic carbocycles. The summed E-state index contributed by atoms with van der Waals surface area (Å²) in [7, 11) is -0.562. The Balaban J connectivity index is 2.02. The minimum absolute atomic E-state index is 0.0866. The van der Waals surface area contributed by atoms with Gasteiger partial charge in [-0.05, 0) is 37.0 Å². The Labute approximate surface area is 171 Å². The molecule has 0 radical (unpaired) electrons. The lowest BCUT2D eigenvalue weighted by atomic mass is 9.89. The molecule has 3 N–H and O–H groups in total. The van der Waals surface area contributed by atoms with Crippen LogP contribution in [0.4, 0.5) is 0 Å². The van der Waals surface area contributed by atoms with E-state index in [0.29, 0.717) is 36.5 Å². The van der Waals surface area contributed by atoms with Gasteiger partial charge in [0.05, 0.1) is 18.0 Å². The number of nitrogens with one attached hydrogen (secondary N) is 2. The zero-order valence-electron chi connectivity index (χ0n) is 17.2. The molecule has 29 heavy (non-hydrogen) atoms. The Morgan fingerprint density at radius 1 is 1.14 bits per heavy atom. The van der Waals surface area contributed by atoms with Gasteiger partial charge in [0.15, 0.2) is 5.65 Å². The fourth-order valence-corrected chi connectivity index (χ4v) is 3.36. The molecule has 152 valence electrons. The second-order valence-corrected chi connectivity index (χ2v) is 7.53. The van der Waals surface area contributed by atoms with E-state index in [1.54, 1.807) is 29.7 Å². The van der Waals surface area contributed by atoms with Crippen molar-refractivity contribution in [1.29, 1.82) is 0 Å². The molecular formula is C21H28BN5O2. The number of fused-ring (bicyclic) bond motifs is 1. The quantitative estimate of drug-likeness (QED) is 0.380. The second kappa shape index (κ2) is 9.78. The number of hydrogen-bond donors (Lipinski definition) is 3. The fourth-order valence-electron chi connectivity index (χ4n) is 3.36. The van der Waals surface area contributed by atoms with Crippen molar-refractivity contribution in [3.8, 4) is 0 Å². The predicted molar refractivity (Wildman–Crippen MR) is 117 cm³/mol. The number of nitrogens with zero attached hydrogens (tertiary/aromatic N) is 3. The number of pyridine rings is 1. The maximum absolute atomic E-state index is 13.3. The Hall–Kier alpha value is -2.55.